The molecule has 4 fully saturated rings. The Hall–Kier alpha value is -0.0900. The number of unbranched alkanes of at least 4 members (excludes halogenated alkanes) is 8. The molecule has 0 aromatic heterocycles. The summed E-state index contributed by atoms with van der Waals surface area (Å²) in [6.45, 7) is 3.45. The third kappa shape index (κ3) is 11.2. The van der Waals surface area contributed by atoms with Gasteiger partial charge in [-0.1, -0.05) is 51.9 Å². The van der Waals surface area contributed by atoms with E-state index in [9.17, 15) is 4.79 Å². The number of carboxylic acid groups (broad SMARTS) is 1. The van der Waals surface area contributed by atoms with E-state index in [2.05, 4.69) is 6.92 Å². The van der Waals surface area contributed by atoms with Crippen molar-refractivity contribution >= 4 is 5.97 Å². The average Bonchev–Trinajstić information content (AvgIpc) is 2.58. The molecule has 0 saturated heterocycles. The Labute approximate surface area is 191 Å². The van der Waals surface area contributed by atoms with Gasteiger partial charge in [-0.15, -0.1) is 0 Å². The standard InChI is InChI=1S/C15H31NO2.C10H16.BrH/c1-4-5-6-7-8-9-10-11-12-13-16(2,3)14-15(17)18;1-7-2-9-4-8(1)5-10(3-7)6-9;/h4-14H2,1-3H3;7-10H,1-6H2;1H. The summed E-state index contributed by atoms with van der Waals surface area (Å²) in [7, 11) is 4.00. The van der Waals surface area contributed by atoms with Gasteiger partial charge in [-0.05, 0) is 75.0 Å². The van der Waals surface area contributed by atoms with Crippen molar-refractivity contribution in [2.75, 3.05) is 27.2 Å². The lowest BCUT2D eigenvalue weighted by atomic mass is 9.56. The third-order valence-corrected chi connectivity index (χ3v) is 7.43. The second-order valence-corrected chi connectivity index (χ2v) is 10.9. The fourth-order valence-corrected chi connectivity index (χ4v) is 6.28. The van der Waals surface area contributed by atoms with Crippen molar-refractivity contribution in [2.45, 2.75) is 103 Å². The van der Waals surface area contributed by atoms with Gasteiger partial charge < -0.3 is 26.6 Å². The van der Waals surface area contributed by atoms with E-state index in [1.807, 2.05) is 14.1 Å². The molecule has 4 bridgehead atoms. The van der Waals surface area contributed by atoms with Crippen molar-refractivity contribution in [1.82, 2.24) is 0 Å². The van der Waals surface area contributed by atoms with Crippen molar-refractivity contribution in [3.63, 3.8) is 0 Å². The van der Waals surface area contributed by atoms with Gasteiger partial charge >= 0.3 is 5.97 Å². The number of hydrogen-bond donors (Lipinski definition) is 1. The first-order valence-electron chi connectivity index (χ1n) is 12.4. The van der Waals surface area contributed by atoms with Crippen LogP contribution in [-0.2, 0) is 4.79 Å². The topological polar surface area (TPSA) is 37.3 Å². The first-order valence-corrected chi connectivity index (χ1v) is 12.4. The number of nitrogens with zero attached hydrogens (tertiary/aromatic N) is 1. The molecule has 1 N–H and O–H groups in total. The average molecular weight is 475 g/mol. The van der Waals surface area contributed by atoms with Crippen LogP contribution in [0.3, 0.4) is 0 Å². The lowest BCUT2D eigenvalue weighted by Gasteiger charge is -2.49. The lowest BCUT2D eigenvalue weighted by Crippen LogP contribution is -3.00. The summed E-state index contributed by atoms with van der Waals surface area (Å²) in [4.78, 5) is 10.7. The molecule has 4 aliphatic rings. The molecule has 0 aromatic carbocycles. The number of carboxylic acids is 1. The van der Waals surface area contributed by atoms with Gasteiger partial charge in [0.25, 0.3) is 0 Å². The van der Waals surface area contributed by atoms with Crippen molar-refractivity contribution < 1.29 is 31.4 Å². The van der Waals surface area contributed by atoms with Gasteiger partial charge in [0.2, 0.25) is 0 Å². The van der Waals surface area contributed by atoms with Gasteiger partial charge in [0, 0.05) is 0 Å². The van der Waals surface area contributed by atoms with E-state index in [0.29, 0.717) is 4.48 Å². The minimum atomic E-state index is -0.698. The highest BCUT2D eigenvalue weighted by atomic mass is 79.9. The fraction of sp³-hybridized carbons (Fsp3) is 0.960. The highest BCUT2D eigenvalue weighted by molar-refractivity contribution is 5.67. The number of hydrogen-bond acceptors (Lipinski definition) is 1. The molecular weight excluding hydrogens is 426 g/mol. The number of aliphatic carboxylic acids is 1. The first-order chi connectivity index (χ1) is 13.4. The Bertz CT molecular complexity index is 396. The van der Waals surface area contributed by atoms with E-state index in [4.69, 9.17) is 5.11 Å². The molecule has 0 amide bonds. The van der Waals surface area contributed by atoms with Crippen LogP contribution >= 0.6 is 0 Å². The maximum atomic E-state index is 10.7. The third-order valence-electron chi connectivity index (χ3n) is 7.43. The summed E-state index contributed by atoms with van der Waals surface area (Å²) in [5.74, 6) is 4.01. The van der Waals surface area contributed by atoms with Crippen LogP contribution in [0.1, 0.15) is 103 Å². The molecule has 4 rings (SSSR count). The minimum absolute atomic E-state index is 0. The summed E-state index contributed by atoms with van der Waals surface area (Å²) in [5, 5.41) is 8.78. The summed E-state index contributed by atoms with van der Waals surface area (Å²) < 4.78 is 0.603. The van der Waals surface area contributed by atoms with Crippen LogP contribution in [0.25, 0.3) is 0 Å². The molecule has 4 aliphatic carbocycles. The molecule has 0 atom stereocenters. The molecule has 4 heteroatoms. The molecule has 0 spiro atoms. The largest absolute Gasteiger partial charge is 1.00 e. The van der Waals surface area contributed by atoms with E-state index in [1.54, 1.807) is 38.5 Å². The Morgan fingerprint density at radius 1 is 0.724 bits per heavy atom. The molecule has 0 radical (unpaired) electrons. The van der Waals surface area contributed by atoms with Crippen molar-refractivity contribution in [2.24, 2.45) is 23.7 Å². The van der Waals surface area contributed by atoms with Crippen LogP contribution in [0.5, 0.6) is 0 Å². The van der Waals surface area contributed by atoms with Gasteiger partial charge in [0.15, 0.2) is 6.54 Å². The van der Waals surface area contributed by atoms with Gasteiger partial charge in [-0.3, -0.25) is 0 Å². The molecule has 0 aliphatic heterocycles. The second-order valence-electron chi connectivity index (χ2n) is 10.9. The summed E-state index contributed by atoms with van der Waals surface area (Å²) in [6.07, 6.45) is 21.5. The van der Waals surface area contributed by atoms with Crippen LogP contribution < -0.4 is 17.0 Å². The molecule has 4 saturated carbocycles. The molecule has 29 heavy (non-hydrogen) atoms. The predicted molar refractivity (Wildman–Crippen MR) is 118 cm³/mol. The SMILES string of the molecule is C1C2CC3CC1CC(C2)C3.CCCCCCCCCCC[N+](C)(C)CC(=O)O.[Br-]. The van der Waals surface area contributed by atoms with Gasteiger partial charge in [0.1, 0.15) is 0 Å². The maximum absolute atomic E-state index is 10.7. The maximum Gasteiger partial charge on any atom is 0.359 e. The fourth-order valence-electron chi connectivity index (χ4n) is 6.28. The van der Waals surface area contributed by atoms with E-state index < -0.39 is 5.97 Å². The number of carbonyl (C=O) groups is 1. The van der Waals surface area contributed by atoms with E-state index in [-0.39, 0.29) is 23.5 Å². The highest BCUT2D eigenvalue weighted by Crippen LogP contribution is 2.53. The molecular formula is C25H48BrNO2. The summed E-state index contributed by atoms with van der Waals surface area (Å²) >= 11 is 0. The number of likely N-dealkylation sites (N-methyl/N-ethyl adjacent to an activating group) is 1. The molecule has 3 nitrogen and oxygen atoms in total. The Morgan fingerprint density at radius 2 is 1.07 bits per heavy atom. The molecule has 0 unspecified atom stereocenters. The van der Waals surface area contributed by atoms with Crippen molar-refractivity contribution in [3.8, 4) is 0 Å². The van der Waals surface area contributed by atoms with Crippen LogP contribution in [0, 0.1) is 23.7 Å². The normalized spacial score (nSPS) is 27.1. The Kier molecular flexibility index (Phi) is 13.1. The van der Waals surface area contributed by atoms with Crippen LogP contribution in [0.4, 0.5) is 0 Å². The summed E-state index contributed by atoms with van der Waals surface area (Å²) in [6, 6.07) is 0. The molecule has 0 heterocycles. The van der Waals surface area contributed by atoms with Crippen LogP contribution in [0.15, 0.2) is 0 Å². The van der Waals surface area contributed by atoms with Crippen LogP contribution in [0.2, 0.25) is 0 Å². The molecule has 172 valence electrons. The zero-order chi connectivity index (χ0) is 20.4. The monoisotopic (exact) mass is 473 g/mol. The zero-order valence-electron chi connectivity index (χ0n) is 19.5. The smallest absolute Gasteiger partial charge is 0.359 e. The minimum Gasteiger partial charge on any atom is -1.00 e. The zero-order valence-corrected chi connectivity index (χ0v) is 21.1. The Morgan fingerprint density at radius 3 is 1.41 bits per heavy atom. The van der Waals surface area contributed by atoms with E-state index >= 15 is 0 Å². The van der Waals surface area contributed by atoms with E-state index in [1.165, 1.54) is 75.0 Å². The molecule has 0 aromatic rings. The summed E-state index contributed by atoms with van der Waals surface area (Å²) in [5.41, 5.74) is 0. The van der Waals surface area contributed by atoms with E-state index in [0.717, 1.165) is 13.0 Å². The Balaban J connectivity index is 0.000000316. The highest BCUT2D eigenvalue weighted by Gasteiger charge is 2.41. The predicted octanol–water partition coefficient (Wildman–Crippen LogP) is 3.51. The van der Waals surface area contributed by atoms with Gasteiger partial charge in [0.05, 0.1) is 20.6 Å². The number of quaternary nitrogens is 1. The van der Waals surface area contributed by atoms with Gasteiger partial charge in [-0.25, -0.2) is 4.79 Å². The van der Waals surface area contributed by atoms with Crippen molar-refractivity contribution in [3.05, 3.63) is 0 Å². The quantitative estimate of drug-likeness (QED) is 0.347. The van der Waals surface area contributed by atoms with Crippen molar-refractivity contribution in [1.29, 1.82) is 0 Å². The van der Waals surface area contributed by atoms with Crippen LogP contribution in [-0.4, -0.2) is 42.7 Å². The first kappa shape index (κ1) is 26.9. The number of halogens is 1. The number of rotatable bonds is 12. The lowest BCUT2D eigenvalue weighted by molar-refractivity contribution is -0.883. The van der Waals surface area contributed by atoms with Gasteiger partial charge in [-0.2, -0.15) is 0 Å². The second kappa shape index (κ2) is 14.1.